The number of nitrogens with one attached hydrogen (secondary N) is 6. The number of amides is 8. The predicted octanol–water partition coefficient (Wildman–Crippen LogP) is 0.732. The van der Waals surface area contributed by atoms with E-state index < -0.39 is 107 Å². The van der Waals surface area contributed by atoms with Gasteiger partial charge in [0.25, 0.3) is 11.8 Å². The minimum absolute atomic E-state index is 0.0347. The lowest BCUT2D eigenvalue weighted by Gasteiger charge is -2.33. The van der Waals surface area contributed by atoms with Crippen LogP contribution in [0.25, 0.3) is 0 Å². The Bertz CT molecular complexity index is 1960. The van der Waals surface area contributed by atoms with Gasteiger partial charge in [0, 0.05) is 57.0 Å². The molecule has 20 nitrogen and oxygen atoms in total. The molecule has 364 valence electrons. The van der Waals surface area contributed by atoms with Crippen LogP contribution < -0.4 is 31.9 Å². The van der Waals surface area contributed by atoms with Gasteiger partial charge in [-0.25, -0.2) is 4.99 Å². The van der Waals surface area contributed by atoms with Gasteiger partial charge in [-0.1, -0.05) is 58.0 Å². The molecule has 1 aliphatic rings. The molecule has 1 unspecified atom stereocenters. The quantitative estimate of drug-likeness (QED) is 0.0416. The number of carboxylic acid groups (broad SMARTS) is 1. The summed E-state index contributed by atoms with van der Waals surface area (Å²) in [5.41, 5.74) is -2.34. The zero-order valence-corrected chi connectivity index (χ0v) is 39.4. The number of hydrogen-bond donors (Lipinski definition) is 7. The molecule has 8 amide bonds. The normalized spacial score (nSPS) is 14.5. The van der Waals surface area contributed by atoms with Crippen LogP contribution in [-0.4, -0.2) is 145 Å². The highest BCUT2D eigenvalue weighted by atomic mass is 16.5. The number of benzene rings is 1. The van der Waals surface area contributed by atoms with E-state index in [0.717, 1.165) is 4.90 Å². The largest absolute Gasteiger partial charge is 0.480 e. The number of ether oxygens (including phenoxy) is 2. The van der Waals surface area contributed by atoms with Gasteiger partial charge in [-0.05, 0) is 63.5 Å². The third kappa shape index (κ3) is 20.7. The van der Waals surface area contributed by atoms with Crippen molar-refractivity contribution in [1.29, 1.82) is 0 Å². The number of carboxylic acids is 1. The maximum atomic E-state index is 13.8. The molecule has 66 heavy (non-hydrogen) atoms. The summed E-state index contributed by atoms with van der Waals surface area (Å²) < 4.78 is 11.6. The molecule has 0 fully saturated rings. The molecule has 0 bridgehead atoms. The second kappa shape index (κ2) is 26.0. The van der Waals surface area contributed by atoms with Gasteiger partial charge in [0.05, 0.1) is 37.4 Å². The van der Waals surface area contributed by atoms with Crippen molar-refractivity contribution in [3.05, 3.63) is 54.6 Å². The summed E-state index contributed by atoms with van der Waals surface area (Å²) >= 11 is 0. The van der Waals surface area contributed by atoms with Crippen molar-refractivity contribution in [2.24, 2.45) is 15.8 Å². The first-order valence-electron chi connectivity index (χ1n) is 21.7. The van der Waals surface area contributed by atoms with Crippen molar-refractivity contribution in [3.63, 3.8) is 0 Å². The molecule has 0 aromatic heterocycles. The van der Waals surface area contributed by atoms with E-state index in [1.807, 2.05) is 20.8 Å². The number of aliphatic imine (C=N–C) groups is 1. The zero-order chi connectivity index (χ0) is 49.7. The van der Waals surface area contributed by atoms with Crippen LogP contribution in [0.1, 0.15) is 86.1 Å². The van der Waals surface area contributed by atoms with Gasteiger partial charge in [-0.3, -0.25) is 48.1 Å². The first-order chi connectivity index (χ1) is 30.8. The minimum Gasteiger partial charge on any atom is -0.480 e. The van der Waals surface area contributed by atoms with Gasteiger partial charge in [0.15, 0.2) is 0 Å². The lowest BCUT2D eigenvalue weighted by Crippen LogP contribution is -2.53. The molecule has 3 atom stereocenters. The maximum absolute atomic E-state index is 13.8. The summed E-state index contributed by atoms with van der Waals surface area (Å²) in [7, 11) is 1.57. The van der Waals surface area contributed by atoms with Crippen molar-refractivity contribution in [2.75, 3.05) is 53.0 Å². The van der Waals surface area contributed by atoms with Crippen molar-refractivity contribution in [1.82, 2.24) is 36.8 Å². The van der Waals surface area contributed by atoms with Gasteiger partial charge in [-0.15, -0.1) is 0 Å². The van der Waals surface area contributed by atoms with E-state index in [4.69, 9.17) is 14.6 Å². The summed E-state index contributed by atoms with van der Waals surface area (Å²) in [6.45, 7) is 15.1. The Hall–Kier alpha value is -6.24. The minimum atomic E-state index is -1.28. The average molecular weight is 925 g/mol. The third-order valence-corrected chi connectivity index (χ3v) is 10.9. The number of aliphatic carboxylic acids is 1. The molecule has 1 aromatic rings. The van der Waals surface area contributed by atoms with Crippen molar-refractivity contribution in [3.8, 4) is 0 Å². The van der Waals surface area contributed by atoms with Crippen LogP contribution in [0.2, 0.25) is 0 Å². The molecule has 0 radical (unpaired) electrons. The van der Waals surface area contributed by atoms with E-state index in [1.54, 1.807) is 65.1 Å². The van der Waals surface area contributed by atoms with E-state index >= 15 is 0 Å². The van der Waals surface area contributed by atoms with Gasteiger partial charge in [0.2, 0.25) is 35.4 Å². The van der Waals surface area contributed by atoms with Crippen LogP contribution in [0.3, 0.4) is 0 Å². The first kappa shape index (κ1) is 55.9. The number of methoxy groups -OCH3 is 1. The molecule has 7 N–H and O–H groups in total. The lowest BCUT2D eigenvalue weighted by atomic mass is 9.78. The maximum Gasteiger partial charge on any atom is 0.322 e. The van der Waals surface area contributed by atoms with Crippen LogP contribution in [-0.2, 0) is 59.0 Å². The SMILES string of the molecule is C=C=NCC(C)(CCOC(C)(C)CNC(=O)CC[C@H](NC(=O)C(C)(C)CCC(C)(C)CN1C(=O)C=CC1=O)C(=O)NCC(=O)NCC(=O)N[C@@H](Cc1ccccc1)C(=O)NCC(=O)O)OC. The smallest absolute Gasteiger partial charge is 0.322 e. The van der Waals surface area contributed by atoms with Crippen LogP contribution in [0, 0.1) is 10.8 Å². The number of carbonyl (C=O) groups excluding carboxylic acids is 8. The summed E-state index contributed by atoms with van der Waals surface area (Å²) in [5.74, 6) is -3.66. The molecular formula is C46H68N8O12. The number of nitrogens with zero attached hydrogens (tertiary/aromatic N) is 2. The highest BCUT2D eigenvalue weighted by Crippen LogP contribution is 2.33. The van der Waals surface area contributed by atoms with E-state index in [2.05, 4.69) is 49.3 Å². The van der Waals surface area contributed by atoms with E-state index in [1.165, 1.54) is 12.2 Å². The van der Waals surface area contributed by atoms with Crippen LogP contribution in [0.5, 0.6) is 0 Å². The third-order valence-electron chi connectivity index (χ3n) is 10.9. The Morgan fingerprint density at radius 1 is 0.773 bits per heavy atom. The van der Waals surface area contributed by atoms with E-state index in [0.29, 0.717) is 38.0 Å². The van der Waals surface area contributed by atoms with Crippen LogP contribution in [0.15, 0.2) is 54.1 Å². The Kier molecular flexibility index (Phi) is 22.1. The summed E-state index contributed by atoms with van der Waals surface area (Å²) in [4.78, 5) is 120. The average Bonchev–Trinajstić information content (AvgIpc) is 3.57. The summed E-state index contributed by atoms with van der Waals surface area (Å²) in [6.07, 6.45) is 3.30. The van der Waals surface area contributed by atoms with Gasteiger partial charge in [-0.2, -0.15) is 0 Å². The number of imide groups is 1. The molecule has 0 aliphatic carbocycles. The van der Waals surface area contributed by atoms with E-state index in [-0.39, 0.29) is 32.4 Å². The predicted molar refractivity (Wildman–Crippen MR) is 244 cm³/mol. The van der Waals surface area contributed by atoms with Gasteiger partial charge in [0.1, 0.15) is 18.6 Å². The Labute approximate surface area is 386 Å². The van der Waals surface area contributed by atoms with Gasteiger partial charge < -0.3 is 46.5 Å². The second-order valence-electron chi connectivity index (χ2n) is 18.4. The van der Waals surface area contributed by atoms with Crippen molar-refractivity contribution >= 4 is 59.1 Å². The summed E-state index contributed by atoms with van der Waals surface area (Å²) in [5, 5.41) is 24.1. The number of carbonyl (C=O) groups is 9. The fraction of sp³-hybridized carbons (Fsp3) is 0.587. The fourth-order valence-corrected chi connectivity index (χ4v) is 6.34. The molecule has 0 spiro atoms. The molecule has 0 saturated heterocycles. The Balaban J connectivity index is 2.09. The Morgan fingerprint density at radius 2 is 1.38 bits per heavy atom. The Morgan fingerprint density at radius 3 is 1.98 bits per heavy atom. The molecule has 0 saturated carbocycles. The lowest BCUT2D eigenvalue weighted by molar-refractivity contribution is -0.139. The van der Waals surface area contributed by atoms with Crippen LogP contribution in [0.4, 0.5) is 0 Å². The molecular weight excluding hydrogens is 857 g/mol. The number of hydrogen-bond acceptors (Lipinski definition) is 12. The standard InChI is InChI=1S/C46H68N8O12/c1-10-47-29-46(8,65-9)22-23-66-45(6,7)28-51-34(55)17-16-32(53-42(64)44(4,5)21-20-43(2,3)30-54-37(58)18-19-38(54)59)40(62)49-25-35(56)48-26-36(57)52-33(41(63)50-27-39(60)61)24-31-14-12-11-13-15-31/h11-15,18-19,32-33H,1,16-17,20-30H2,2-9H3,(H,48,56)(H,49,62)(H,50,63)(H,51,55)(H,52,57)(H,53,64)(H,60,61)/t32-,33-,46?/m0/s1. The fourth-order valence-electron chi connectivity index (χ4n) is 6.34. The molecule has 20 heteroatoms. The molecule has 2 rings (SSSR count). The molecule has 1 aliphatic heterocycles. The highest BCUT2D eigenvalue weighted by Gasteiger charge is 2.36. The zero-order valence-electron chi connectivity index (χ0n) is 39.4. The summed E-state index contributed by atoms with van der Waals surface area (Å²) in [6, 6.07) is 6.23. The number of rotatable bonds is 30. The monoisotopic (exact) mass is 924 g/mol. The van der Waals surface area contributed by atoms with Crippen molar-refractivity contribution in [2.45, 2.75) is 110 Å². The second-order valence-corrected chi connectivity index (χ2v) is 18.4. The van der Waals surface area contributed by atoms with E-state index in [9.17, 15) is 43.2 Å². The van der Waals surface area contributed by atoms with Gasteiger partial charge >= 0.3 is 5.97 Å². The molecule has 1 heterocycles. The van der Waals surface area contributed by atoms with Crippen LogP contribution >= 0.6 is 0 Å². The molecule has 1 aromatic carbocycles. The highest BCUT2D eigenvalue weighted by molar-refractivity contribution is 6.12. The topological polar surface area (TPSA) is 280 Å². The van der Waals surface area contributed by atoms with Crippen molar-refractivity contribution < 1.29 is 57.7 Å². The first-order valence-corrected chi connectivity index (χ1v) is 21.7.